The van der Waals surface area contributed by atoms with Crippen molar-refractivity contribution in [2.24, 2.45) is 0 Å². The van der Waals surface area contributed by atoms with Gasteiger partial charge in [-0.25, -0.2) is 8.42 Å². The van der Waals surface area contributed by atoms with E-state index in [4.69, 9.17) is 9.47 Å². The van der Waals surface area contributed by atoms with Gasteiger partial charge in [0.1, 0.15) is 12.6 Å². The molecule has 2 aromatic rings. The fourth-order valence-corrected chi connectivity index (χ4v) is 4.31. The third-order valence-electron chi connectivity index (χ3n) is 5.45. The van der Waals surface area contributed by atoms with Crippen LogP contribution in [-0.4, -0.2) is 64.7 Å². The quantitative estimate of drug-likeness (QED) is 0.517. The minimum atomic E-state index is -3.84. The number of rotatable bonds is 11. The number of hydrogen-bond acceptors (Lipinski definition) is 6. The number of carbonyl (C=O) groups excluding carboxylic acids is 2. The lowest BCUT2D eigenvalue weighted by molar-refractivity contribution is -0.139. The number of aryl methyl sites for hydroxylation is 1. The molecular formula is C24H33N3O6S. The Morgan fingerprint density at radius 1 is 1.06 bits per heavy atom. The first-order valence-electron chi connectivity index (χ1n) is 10.8. The molecule has 0 saturated carbocycles. The van der Waals surface area contributed by atoms with Crippen LogP contribution in [0.5, 0.6) is 11.5 Å². The van der Waals surface area contributed by atoms with E-state index in [1.165, 1.54) is 31.3 Å². The third kappa shape index (κ3) is 6.63. The summed E-state index contributed by atoms with van der Waals surface area (Å²) in [6.07, 6.45) is 1.02. The van der Waals surface area contributed by atoms with Crippen molar-refractivity contribution in [1.29, 1.82) is 0 Å². The number of hydrogen-bond donors (Lipinski definition) is 1. The monoisotopic (exact) mass is 491 g/mol. The van der Waals surface area contributed by atoms with Gasteiger partial charge in [-0.3, -0.25) is 13.9 Å². The first kappa shape index (κ1) is 27.0. The number of methoxy groups -OCH3 is 2. The largest absolute Gasteiger partial charge is 0.493 e. The smallest absolute Gasteiger partial charge is 0.244 e. The predicted molar refractivity (Wildman–Crippen MR) is 132 cm³/mol. The van der Waals surface area contributed by atoms with Crippen molar-refractivity contribution in [2.75, 3.05) is 37.9 Å². The number of ether oxygens (including phenoxy) is 2. The molecule has 2 amide bonds. The molecule has 0 heterocycles. The normalized spacial score (nSPS) is 11.9. The Kier molecular flexibility index (Phi) is 9.31. The highest BCUT2D eigenvalue weighted by Crippen LogP contribution is 2.32. The minimum Gasteiger partial charge on any atom is -0.493 e. The Bertz CT molecular complexity index is 1120. The maximum atomic E-state index is 13.5. The zero-order chi connectivity index (χ0) is 25.5. The minimum absolute atomic E-state index is 0.160. The van der Waals surface area contributed by atoms with Gasteiger partial charge < -0.3 is 19.7 Å². The number of likely N-dealkylation sites (N-methyl/N-ethyl adjacent to an activating group) is 1. The van der Waals surface area contributed by atoms with Crippen LogP contribution in [-0.2, 0) is 26.2 Å². The van der Waals surface area contributed by atoms with E-state index in [0.717, 1.165) is 21.7 Å². The summed E-state index contributed by atoms with van der Waals surface area (Å²) in [4.78, 5) is 27.5. The lowest BCUT2D eigenvalue weighted by Crippen LogP contribution is -2.51. The van der Waals surface area contributed by atoms with Gasteiger partial charge in [-0.2, -0.15) is 0 Å². The SMILES string of the molecule is CCNC(=O)[C@@H](C)N(Cc1ccccc1C)C(=O)CN(c1ccc(OC)c(OC)c1)S(C)(=O)=O. The van der Waals surface area contributed by atoms with Crippen LogP contribution in [0.25, 0.3) is 0 Å². The highest BCUT2D eigenvalue weighted by atomic mass is 32.2. The number of benzene rings is 2. The summed E-state index contributed by atoms with van der Waals surface area (Å²) in [5.41, 5.74) is 2.07. The third-order valence-corrected chi connectivity index (χ3v) is 6.60. The Hall–Kier alpha value is -3.27. The molecule has 2 aromatic carbocycles. The van der Waals surface area contributed by atoms with Crippen LogP contribution < -0.4 is 19.1 Å². The highest BCUT2D eigenvalue weighted by molar-refractivity contribution is 7.92. The summed E-state index contributed by atoms with van der Waals surface area (Å²) >= 11 is 0. The Morgan fingerprint density at radius 3 is 2.26 bits per heavy atom. The molecule has 10 heteroatoms. The summed E-state index contributed by atoms with van der Waals surface area (Å²) < 4.78 is 36.8. The second kappa shape index (κ2) is 11.7. The molecule has 0 radical (unpaired) electrons. The number of nitrogens with one attached hydrogen (secondary N) is 1. The number of anilines is 1. The molecular weight excluding hydrogens is 458 g/mol. The van der Waals surface area contributed by atoms with E-state index in [1.54, 1.807) is 19.9 Å². The average Bonchev–Trinajstić information content (AvgIpc) is 2.80. The maximum Gasteiger partial charge on any atom is 0.244 e. The molecule has 1 atom stereocenters. The first-order chi connectivity index (χ1) is 16.0. The number of nitrogens with zero attached hydrogens (tertiary/aromatic N) is 2. The zero-order valence-corrected chi connectivity index (χ0v) is 21.3. The molecule has 34 heavy (non-hydrogen) atoms. The summed E-state index contributed by atoms with van der Waals surface area (Å²) in [5.74, 6) is -0.0747. The van der Waals surface area contributed by atoms with Crippen LogP contribution in [0, 0.1) is 6.92 Å². The Labute approximate surface area is 201 Å². The summed E-state index contributed by atoms with van der Waals surface area (Å²) in [6, 6.07) is 11.3. The molecule has 0 spiro atoms. The van der Waals surface area contributed by atoms with E-state index < -0.39 is 28.5 Å². The number of amides is 2. The van der Waals surface area contributed by atoms with Crippen molar-refractivity contribution in [3.63, 3.8) is 0 Å². The molecule has 0 fully saturated rings. The molecule has 0 aliphatic heterocycles. The van der Waals surface area contributed by atoms with Gasteiger partial charge in [0.2, 0.25) is 21.8 Å². The van der Waals surface area contributed by atoms with Gasteiger partial charge in [0.25, 0.3) is 0 Å². The molecule has 0 bridgehead atoms. The summed E-state index contributed by atoms with van der Waals surface area (Å²) in [5, 5.41) is 2.73. The van der Waals surface area contributed by atoms with Gasteiger partial charge >= 0.3 is 0 Å². The Balaban J connectivity index is 2.45. The second-order valence-electron chi connectivity index (χ2n) is 7.83. The van der Waals surface area contributed by atoms with Crippen LogP contribution in [0.2, 0.25) is 0 Å². The standard InChI is InChI=1S/C24H33N3O6S/c1-7-25-24(29)18(3)26(15-19-11-9-8-10-17(19)2)23(28)16-27(34(6,30)31)20-12-13-21(32-4)22(14-20)33-5/h8-14,18H,7,15-16H2,1-6H3,(H,25,29)/t18-/m1/s1. The van der Waals surface area contributed by atoms with Crippen molar-refractivity contribution < 1.29 is 27.5 Å². The zero-order valence-electron chi connectivity index (χ0n) is 20.5. The van der Waals surface area contributed by atoms with E-state index in [1.807, 2.05) is 31.2 Å². The molecule has 0 unspecified atom stereocenters. The fraction of sp³-hybridized carbons (Fsp3) is 0.417. The lowest BCUT2D eigenvalue weighted by Gasteiger charge is -2.32. The second-order valence-corrected chi connectivity index (χ2v) is 9.73. The lowest BCUT2D eigenvalue weighted by atomic mass is 10.1. The van der Waals surface area contributed by atoms with Crippen molar-refractivity contribution in [1.82, 2.24) is 10.2 Å². The predicted octanol–water partition coefficient (Wildman–Crippen LogP) is 2.33. The van der Waals surface area contributed by atoms with Crippen LogP contribution in [0.4, 0.5) is 5.69 Å². The molecule has 0 aliphatic carbocycles. The van der Waals surface area contributed by atoms with Crippen LogP contribution in [0.15, 0.2) is 42.5 Å². The molecule has 0 aliphatic rings. The van der Waals surface area contributed by atoms with Crippen molar-refractivity contribution >= 4 is 27.5 Å². The van der Waals surface area contributed by atoms with Crippen molar-refractivity contribution in [3.8, 4) is 11.5 Å². The van der Waals surface area contributed by atoms with Gasteiger partial charge in [-0.1, -0.05) is 24.3 Å². The Morgan fingerprint density at radius 2 is 1.71 bits per heavy atom. The molecule has 2 rings (SSSR count). The molecule has 1 N–H and O–H groups in total. The molecule has 0 aromatic heterocycles. The number of sulfonamides is 1. The fourth-order valence-electron chi connectivity index (χ4n) is 3.47. The maximum absolute atomic E-state index is 13.5. The van der Waals surface area contributed by atoms with E-state index in [-0.39, 0.29) is 18.1 Å². The molecule has 186 valence electrons. The van der Waals surface area contributed by atoms with E-state index in [2.05, 4.69) is 5.32 Å². The number of carbonyl (C=O) groups is 2. The van der Waals surface area contributed by atoms with Gasteiger partial charge in [0.05, 0.1) is 26.2 Å². The topological polar surface area (TPSA) is 105 Å². The van der Waals surface area contributed by atoms with Crippen molar-refractivity contribution in [2.45, 2.75) is 33.4 Å². The van der Waals surface area contributed by atoms with E-state index in [0.29, 0.717) is 18.0 Å². The molecule has 9 nitrogen and oxygen atoms in total. The van der Waals surface area contributed by atoms with Crippen LogP contribution in [0.1, 0.15) is 25.0 Å². The van der Waals surface area contributed by atoms with E-state index >= 15 is 0 Å². The first-order valence-corrected chi connectivity index (χ1v) is 12.7. The molecule has 0 saturated heterocycles. The average molecular weight is 492 g/mol. The van der Waals surface area contributed by atoms with Gasteiger partial charge in [0.15, 0.2) is 11.5 Å². The summed E-state index contributed by atoms with van der Waals surface area (Å²) in [6.45, 7) is 5.43. The van der Waals surface area contributed by atoms with E-state index in [9.17, 15) is 18.0 Å². The van der Waals surface area contributed by atoms with Gasteiger partial charge in [0, 0.05) is 19.2 Å². The van der Waals surface area contributed by atoms with Crippen LogP contribution in [0.3, 0.4) is 0 Å². The summed E-state index contributed by atoms with van der Waals surface area (Å²) in [7, 11) is -0.926. The van der Waals surface area contributed by atoms with Gasteiger partial charge in [-0.15, -0.1) is 0 Å². The van der Waals surface area contributed by atoms with Crippen LogP contribution >= 0.6 is 0 Å². The highest BCUT2D eigenvalue weighted by Gasteiger charge is 2.30. The van der Waals surface area contributed by atoms with Crippen molar-refractivity contribution in [3.05, 3.63) is 53.6 Å². The van der Waals surface area contributed by atoms with Gasteiger partial charge in [-0.05, 0) is 44.0 Å².